The van der Waals surface area contributed by atoms with Crippen molar-refractivity contribution >= 4 is 11.6 Å². The second-order valence-electron chi connectivity index (χ2n) is 4.79. The van der Waals surface area contributed by atoms with Crippen molar-refractivity contribution < 1.29 is 9.47 Å². The molecule has 18 heavy (non-hydrogen) atoms. The SMILES string of the molecule is COCCOc1ccccc1C1CCCCC1Cl. The fourth-order valence-electron chi connectivity index (χ4n) is 2.59. The summed E-state index contributed by atoms with van der Waals surface area (Å²) in [5.74, 6) is 1.39. The van der Waals surface area contributed by atoms with E-state index in [0.717, 1.165) is 12.2 Å². The Balaban J connectivity index is 2.10. The highest BCUT2D eigenvalue weighted by Crippen LogP contribution is 2.40. The molecule has 0 amide bonds. The van der Waals surface area contributed by atoms with Crippen LogP contribution in [0.4, 0.5) is 0 Å². The quantitative estimate of drug-likeness (QED) is 0.594. The number of rotatable bonds is 5. The molecule has 1 saturated carbocycles. The monoisotopic (exact) mass is 268 g/mol. The lowest BCUT2D eigenvalue weighted by atomic mass is 9.83. The number of methoxy groups -OCH3 is 1. The number of ether oxygens (including phenoxy) is 2. The van der Waals surface area contributed by atoms with Crippen LogP contribution in [-0.2, 0) is 4.74 Å². The van der Waals surface area contributed by atoms with Crippen molar-refractivity contribution in [1.82, 2.24) is 0 Å². The average Bonchev–Trinajstić information content (AvgIpc) is 2.40. The summed E-state index contributed by atoms with van der Waals surface area (Å²) in [7, 11) is 1.69. The third-order valence-corrected chi connectivity index (χ3v) is 4.07. The van der Waals surface area contributed by atoms with Crippen molar-refractivity contribution in [3.05, 3.63) is 29.8 Å². The minimum atomic E-state index is 0.242. The zero-order valence-electron chi connectivity index (χ0n) is 10.9. The predicted molar refractivity (Wildman–Crippen MR) is 74.7 cm³/mol. The molecule has 0 N–H and O–H groups in total. The fraction of sp³-hybridized carbons (Fsp3) is 0.600. The van der Waals surface area contributed by atoms with Gasteiger partial charge in [-0.25, -0.2) is 0 Å². The molecule has 1 fully saturated rings. The standard InChI is InChI=1S/C15H21ClO2/c1-17-10-11-18-15-9-5-3-7-13(15)12-6-2-4-8-14(12)16/h3,5,7,9,12,14H,2,4,6,8,10-11H2,1H3. The van der Waals surface area contributed by atoms with E-state index >= 15 is 0 Å². The Labute approximate surface area is 114 Å². The van der Waals surface area contributed by atoms with Crippen LogP contribution in [0.5, 0.6) is 5.75 Å². The summed E-state index contributed by atoms with van der Waals surface area (Å²) in [6.45, 7) is 1.20. The van der Waals surface area contributed by atoms with Crippen LogP contribution < -0.4 is 4.74 Å². The lowest BCUT2D eigenvalue weighted by molar-refractivity contribution is 0.145. The first-order chi connectivity index (χ1) is 8.83. The van der Waals surface area contributed by atoms with E-state index in [4.69, 9.17) is 21.1 Å². The van der Waals surface area contributed by atoms with E-state index in [1.807, 2.05) is 12.1 Å². The molecule has 0 radical (unpaired) electrons. The van der Waals surface area contributed by atoms with E-state index in [9.17, 15) is 0 Å². The smallest absolute Gasteiger partial charge is 0.122 e. The third kappa shape index (κ3) is 3.39. The summed E-state index contributed by atoms with van der Waals surface area (Å²) in [6, 6.07) is 8.26. The van der Waals surface area contributed by atoms with Crippen LogP contribution in [0.2, 0.25) is 0 Å². The van der Waals surface area contributed by atoms with Gasteiger partial charge in [0.25, 0.3) is 0 Å². The Morgan fingerprint density at radius 3 is 2.72 bits per heavy atom. The van der Waals surface area contributed by atoms with Gasteiger partial charge in [-0.15, -0.1) is 11.6 Å². The molecule has 2 nitrogen and oxygen atoms in total. The van der Waals surface area contributed by atoms with Gasteiger partial charge >= 0.3 is 0 Å². The maximum absolute atomic E-state index is 6.47. The molecule has 0 bridgehead atoms. The van der Waals surface area contributed by atoms with Crippen molar-refractivity contribution in [2.75, 3.05) is 20.3 Å². The Hall–Kier alpha value is -0.730. The van der Waals surface area contributed by atoms with Gasteiger partial charge in [0.15, 0.2) is 0 Å². The molecule has 2 rings (SSSR count). The maximum atomic E-state index is 6.47. The molecule has 1 aliphatic rings. The van der Waals surface area contributed by atoms with Gasteiger partial charge in [0.2, 0.25) is 0 Å². The van der Waals surface area contributed by atoms with Crippen LogP contribution in [0.3, 0.4) is 0 Å². The summed E-state index contributed by atoms with van der Waals surface area (Å²) >= 11 is 6.47. The molecule has 2 unspecified atom stereocenters. The van der Waals surface area contributed by atoms with Crippen LogP contribution in [0.25, 0.3) is 0 Å². The van der Waals surface area contributed by atoms with Crippen molar-refractivity contribution in [3.8, 4) is 5.75 Å². The van der Waals surface area contributed by atoms with Gasteiger partial charge in [0.05, 0.1) is 6.61 Å². The van der Waals surface area contributed by atoms with Gasteiger partial charge < -0.3 is 9.47 Å². The highest BCUT2D eigenvalue weighted by Gasteiger charge is 2.26. The molecule has 3 heteroatoms. The molecule has 0 heterocycles. The minimum Gasteiger partial charge on any atom is -0.491 e. The Bertz CT molecular complexity index is 367. The molecule has 0 aliphatic heterocycles. The molecule has 100 valence electrons. The van der Waals surface area contributed by atoms with E-state index in [1.54, 1.807) is 7.11 Å². The van der Waals surface area contributed by atoms with Gasteiger partial charge in [0, 0.05) is 18.4 Å². The van der Waals surface area contributed by atoms with Gasteiger partial charge in [-0.05, 0) is 24.5 Å². The summed E-state index contributed by atoms with van der Waals surface area (Å²) in [4.78, 5) is 0. The number of benzene rings is 1. The number of halogens is 1. The molecule has 0 saturated heterocycles. The molecule has 1 aromatic carbocycles. The second-order valence-corrected chi connectivity index (χ2v) is 5.35. The summed E-state index contributed by atoms with van der Waals surface area (Å²) in [6.07, 6.45) is 4.79. The van der Waals surface area contributed by atoms with Gasteiger partial charge in [-0.1, -0.05) is 31.0 Å². The van der Waals surface area contributed by atoms with Crippen LogP contribution in [0.15, 0.2) is 24.3 Å². The average molecular weight is 269 g/mol. The largest absolute Gasteiger partial charge is 0.491 e. The van der Waals surface area contributed by atoms with Crippen molar-refractivity contribution in [3.63, 3.8) is 0 Å². The Morgan fingerprint density at radius 2 is 1.94 bits per heavy atom. The lowest BCUT2D eigenvalue weighted by Crippen LogP contribution is -2.19. The predicted octanol–water partition coefficient (Wildman–Crippen LogP) is 3.98. The topological polar surface area (TPSA) is 18.5 Å². The fourth-order valence-corrected chi connectivity index (χ4v) is 3.01. The Morgan fingerprint density at radius 1 is 1.17 bits per heavy atom. The first-order valence-electron chi connectivity index (χ1n) is 6.67. The molecular weight excluding hydrogens is 248 g/mol. The third-order valence-electron chi connectivity index (χ3n) is 3.55. The van der Waals surface area contributed by atoms with E-state index in [2.05, 4.69) is 12.1 Å². The minimum absolute atomic E-state index is 0.242. The van der Waals surface area contributed by atoms with Crippen molar-refractivity contribution in [2.45, 2.75) is 37.0 Å². The van der Waals surface area contributed by atoms with Crippen LogP contribution in [0, 0.1) is 0 Å². The van der Waals surface area contributed by atoms with Gasteiger partial charge in [-0.2, -0.15) is 0 Å². The number of hydrogen-bond acceptors (Lipinski definition) is 2. The van der Waals surface area contributed by atoms with E-state index in [1.165, 1.54) is 24.8 Å². The second kappa shape index (κ2) is 7.01. The highest BCUT2D eigenvalue weighted by molar-refractivity contribution is 6.21. The van der Waals surface area contributed by atoms with Gasteiger partial charge in [0.1, 0.15) is 12.4 Å². The van der Waals surface area contributed by atoms with Gasteiger partial charge in [-0.3, -0.25) is 0 Å². The van der Waals surface area contributed by atoms with E-state index < -0.39 is 0 Å². The normalized spacial score (nSPS) is 23.9. The van der Waals surface area contributed by atoms with Crippen LogP contribution in [-0.4, -0.2) is 25.7 Å². The maximum Gasteiger partial charge on any atom is 0.122 e. The molecule has 1 aliphatic carbocycles. The van der Waals surface area contributed by atoms with Crippen molar-refractivity contribution in [2.24, 2.45) is 0 Å². The van der Waals surface area contributed by atoms with Crippen LogP contribution >= 0.6 is 11.6 Å². The summed E-state index contributed by atoms with van der Waals surface area (Å²) in [5.41, 5.74) is 1.26. The zero-order valence-corrected chi connectivity index (χ0v) is 11.7. The lowest BCUT2D eigenvalue weighted by Gasteiger charge is -2.28. The molecule has 0 spiro atoms. The molecule has 2 atom stereocenters. The van der Waals surface area contributed by atoms with Crippen LogP contribution in [0.1, 0.15) is 37.2 Å². The first kappa shape index (κ1) is 13.7. The zero-order chi connectivity index (χ0) is 12.8. The summed E-state index contributed by atoms with van der Waals surface area (Å²) < 4.78 is 10.8. The number of alkyl halides is 1. The molecule has 1 aromatic rings. The molecule has 0 aromatic heterocycles. The number of para-hydroxylation sites is 1. The van der Waals surface area contributed by atoms with E-state index in [0.29, 0.717) is 19.1 Å². The number of hydrogen-bond donors (Lipinski definition) is 0. The first-order valence-corrected chi connectivity index (χ1v) is 7.11. The van der Waals surface area contributed by atoms with E-state index in [-0.39, 0.29) is 5.38 Å². The molecular formula is C15H21ClO2. The van der Waals surface area contributed by atoms with Crippen molar-refractivity contribution in [1.29, 1.82) is 0 Å². The highest BCUT2D eigenvalue weighted by atomic mass is 35.5. The summed E-state index contributed by atoms with van der Waals surface area (Å²) in [5, 5.41) is 0.242. The Kier molecular flexibility index (Phi) is 5.33.